The number of carbonyl (C=O) groups is 1. The monoisotopic (exact) mass is 367 g/mol. The molecule has 5 nitrogen and oxygen atoms in total. The fraction of sp³-hybridized carbons (Fsp3) is 0.429. The highest BCUT2D eigenvalue weighted by atomic mass is 19.1. The molecule has 1 aromatic carbocycles. The Kier molecular flexibility index (Phi) is 4.37. The zero-order chi connectivity index (χ0) is 19.3. The van der Waals surface area contributed by atoms with Crippen LogP contribution in [0.2, 0.25) is 0 Å². The van der Waals surface area contributed by atoms with Gasteiger partial charge in [0.2, 0.25) is 0 Å². The summed E-state index contributed by atoms with van der Waals surface area (Å²) in [6.07, 6.45) is 2.41. The Bertz CT molecular complexity index is 959. The van der Waals surface area contributed by atoms with Crippen molar-refractivity contribution in [3.8, 4) is 11.8 Å². The van der Waals surface area contributed by atoms with Crippen molar-refractivity contribution in [3.05, 3.63) is 52.6 Å². The molecule has 2 fully saturated rings. The van der Waals surface area contributed by atoms with Crippen LogP contribution in [0.1, 0.15) is 46.6 Å². The van der Waals surface area contributed by atoms with Crippen molar-refractivity contribution in [1.82, 2.24) is 9.47 Å². The second-order valence-corrected chi connectivity index (χ2v) is 7.59. The number of ketones is 1. The molecule has 0 saturated carbocycles. The number of fused-ring (bicyclic) bond motifs is 2. The lowest BCUT2D eigenvalue weighted by Gasteiger charge is -2.21. The molecule has 2 unspecified atom stereocenters. The number of aliphatic hydroxyl groups is 1. The quantitative estimate of drug-likeness (QED) is 0.844. The third-order valence-electron chi connectivity index (χ3n) is 6.04. The number of nitriles is 1. The van der Waals surface area contributed by atoms with E-state index in [-0.39, 0.29) is 23.5 Å². The van der Waals surface area contributed by atoms with Crippen LogP contribution in [-0.2, 0) is 0 Å². The molecule has 1 aromatic heterocycles. The van der Waals surface area contributed by atoms with Crippen molar-refractivity contribution in [2.45, 2.75) is 51.3 Å². The van der Waals surface area contributed by atoms with E-state index < -0.39 is 5.82 Å². The summed E-state index contributed by atoms with van der Waals surface area (Å²) in [7, 11) is 0. The Morgan fingerprint density at radius 3 is 2.70 bits per heavy atom. The molecule has 2 saturated heterocycles. The zero-order valence-electron chi connectivity index (χ0n) is 15.4. The predicted molar refractivity (Wildman–Crippen MR) is 98.4 cm³/mol. The van der Waals surface area contributed by atoms with Gasteiger partial charge < -0.3 is 9.67 Å². The first kappa shape index (κ1) is 17.9. The van der Waals surface area contributed by atoms with E-state index in [0.717, 1.165) is 30.7 Å². The SMILES string of the molecule is Cc1cc(C(=O)CN2C3CCC2[C@@H](O)C3)c(C)n1-c1ccc(C#N)c(F)c1. The van der Waals surface area contributed by atoms with Gasteiger partial charge in [-0.05, 0) is 57.4 Å². The summed E-state index contributed by atoms with van der Waals surface area (Å²) in [6.45, 7) is 4.03. The van der Waals surface area contributed by atoms with E-state index in [1.54, 1.807) is 6.07 Å². The van der Waals surface area contributed by atoms with Crippen LogP contribution in [0.15, 0.2) is 24.3 Å². The Morgan fingerprint density at radius 1 is 1.33 bits per heavy atom. The number of aliphatic hydroxyl groups excluding tert-OH is 1. The maximum atomic E-state index is 14.0. The maximum Gasteiger partial charge on any atom is 0.178 e. The van der Waals surface area contributed by atoms with Crippen LogP contribution in [0.4, 0.5) is 4.39 Å². The lowest BCUT2D eigenvalue weighted by Crippen LogP contribution is -2.36. The molecule has 2 aliphatic rings. The highest BCUT2D eigenvalue weighted by Crippen LogP contribution is 2.37. The molecule has 3 heterocycles. The van der Waals surface area contributed by atoms with Crippen molar-refractivity contribution >= 4 is 5.78 Å². The summed E-state index contributed by atoms with van der Waals surface area (Å²) in [4.78, 5) is 15.1. The molecular formula is C21H22FN3O2. The first-order valence-corrected chi connectivity index (χ1v) is 9.26. The van der Waals surface area contributed by atoms with Gasteiger partial charge in [0.25, 0.3) is 0 Å². The van der Waals surface area contributed by atoms with E-state index >= 15 is 0 Å². The number of aryl methyl sites for hydroxylation is 1. The predicted octanol–water partition coefficient (Wildman–Crippen LogP) is 2.89. The molecule has 27 heavy (non-hydrogen) atoms. The molecule has 0 radical (unpaired) electrons. The summed E-state index contributed by atoms with van der Waals surface area (Å²) < 4.78 is 15.9. The Morgan fingerprint density at radius 2 is 2.11 bits per heavy atom. The lowest BCUT2D eigenvalue weighted by atomic mass is 9.98. The van der Waals surface area contributed by atoms with Crippen LogP contribution in [0, 0.1) is 31.0 Å². The van der Waals surface area contributed by atoms with E-state index in [4.69, 9.17) is 5.26 Å². The van der Waals surface area contributed by atoms with Gasteiger partial charge in [0, 0.05) is 34.7 Å². The number of aromatic nitrogens is 1. The van der Waals surface area contributed by atoms with Gasteiger partial charge in [-0.25, -0.2) is 4.39 Å². The third-order valence-corrected chi connectivity index (χ3v) is 6.04. The summed E-state index contributed by atoms with van der Waals surface area (Å²) >= 11 is 0. The molecule has 6 heteroatoms. The molecule has 1 N–H and O–H groups in total. The topological polar surface area (TPSA) is 69.3 Å². The number of hydrogen-bond donors (Lipinski definition) is 1. The fourth-order valence-corrected chi connectivity index (χ4v) is 4.74. The van der Waals surface area contributed by atoms with E-state index in [0.29, 0.717) is 23.8 Å². The highest BCUT2D eigenvalue weighted by molar-refractivity contribution is 5.99. The van der Waals surface area contributed by atoms with Gasteiger partial charge in [-0.2, -0.15) is 5.26 Å². The van der Waals surface area contributed by atoms with Crippen molar-refractivity contribution < 1.29 is 14.3 Å². The lowest BCUT2D eigenvalue weighted by molar-refractivity contribution is 0.0873. The highest BCUT2D eigenvalue weighted by Gasteiger charge is 2.46. The average molecular weight is 367 g/mol. The van der Waals surface area contributed by atoms with Gasteiger partial charge in [0.15, 0.2) is 5.78 Å². The Hall–Kier alpha value is -2.49. The second-order valence-electron chi connectivity index (χ2n) is 7.59. The smallest absolute Gasteiger partial charge is 0.178 e. The Balaban J connectivity index is 1.62. The first-order valence-electron chi connectivity index (χ1n) is 9.26. The molecule has 2 bridgehead atoms. The van der Waals surface area contributed by atoms with Crippen molar-refractivity contribution in [3.63, 3.8) is 0 Å². The van der Waals surface area contributed by atoms with Gasteiger partial charge >= 0.3 is 0 Å². The summed E-state index contributed by atoms with van der Waals surface area (Å²) in [5.74, 6) is -0.549. The zero-order valence-corrected chi connectivity index (χ0v) is 15.4. The van der Waals surface area contributed by atoms with Crippen LogP contribution >= 0.6 is 0 Å². The van der Waals surface area contributed by atoms with E-state index in [1.807, 2.05) is 30.6 Å². The summed E-state index contributed by atoms with van der Waals surface area (Å²) in [5.41, 5.74) is 2.81. The number of carbonyl (C=O) groups excluding carboxylic acids is 1. The van der Waals surface area contributed by atoms with Gasteiger partial charge in [-0.1, -0.05) is 0 Å². The molecule has 0 spiro atoms. The van der Waals surface area contributed by atoms with Crippen molar-refractivity contribution in [2.24, 2.45) is 0 Å². The van der Waals surface area contributed by atoms with Gasteiger partial charge in [-0.15, -0.1) is 0 Å². The molecule has 2 aliphatic heterocycles. The molecule has 0 aliphatic carbocycles. The number of halogens is 1. The summed E-state index contributed by atoms with van der Waals surface area (Å²) in [5, 5.41) is 19.0. The van der Waals surface area contributed by atoms with Crippen LogP contribution in [-0.4, -0.2) is 45.1 Å². The first-order chi connectivity index (χ1) is 12.9. The normalized spacial score (nSPS) is 24.3. The number of nitrogens with zero attached hydrogens (tertiary/aromatic N) is 3. The fourth-order valence-electron chi connectivity index (χ4n) is 4.74. The van der Waals surface area contributed by atoms with Crippen LogP contribution in [0.5, 0.6) is 0 Å². The number of Topliss-reactive ketones (excluding diaryl/α,β-unsaturated/α-hetero) is 1. The molecule has 4 rings (SSSR count). The second kappa shape index (κ2) is 6.59. The molecule has 3 atom stereocenters. The minimum Gasteiger partial charge on any atom is -0.391 e. The van der Waals surface area contributed by atoms with Crippen molar-refractivity contribution in [1.29, 1.82) is 5.26 Å². The van der Waals surface area contributed by atoms with E-state index in [1.165, 1.54) is 12.1 Å². The minimum atomic E-state index is -0.571. The average Bonchev–Trinajstić information content (AvgIpc) is 3.25. The largest absolute Gasteiger partial charge is 0.391 e. The van der Waals surface area contributed by atoms with Crippen LogP contribution in [0.3, 0.4) is 0 Å². The van der Waals surface area contributed by atoms with Gasteiger partial charge in [0.1, 0.15) is 11.9 Å². The van der Waals surface area contributed by atoms with Crippen LogP contribution in [0.25, 0.3) is 5.69 Å². The van der Waals surface area contributed by atoms with Gasteiger partial charge in [-0.3, -0.25) is 9.69 Å². The number of rotatable bonds is 4. The maximum absolute atomic E-state index is 14.0. The van der Waals surface area contributed by atoms with Gasteiger partial charge in [0.05, 0.1) is 18.2 Å². The molecular weight excluding hydrogens is 345 g/mol. The van der Waals surface area contributed by atoms with E-state index in [2.05, 4.69) is 4.90 Å². The Labute approximate surface area is 157 Å². The molecule has 0 amide bonds. The number of benzene rings is 1. The molecule has 140 valence electrons. The standard InChI is InChI=1S/C21H22FN3O2/c1-12-7-17(21(27)11-24-15-5-6-19(24)20(26)9-15)13(2)25(12)16-4-3-14(10-23)18(22)8-16/h3-4,7-8,15,19-20,26H,5-6,9,11H2,1-2H3/t15?,19?,20-/m0/s1. The van der Waals surface area contributed by atoms with Crippen molar-refractivity contribution in [2.75, 3.05) is 6.54 Å². The van der Waals surface area contributed by atoms with Crippen LogP contribution < -0.4 is 0 Å². The van der Waals surface area contributed by atoms with E-state index in [9.17, 15) is 14.3 Å². The number of hydrogen-bond acceptors (Lipinski definition) is 4. The summed E-state index contributed by atoms with van der Waals surface area (Å²) in [6, 6.07) is 8.51. The minimum absolute atomic E-state index is 0.000536. The molecule has 2 aromatic rings. The third kappa shape index (κ3) is 2.88.